The molecular formula is C19H21NS. The number of thiocarbonyl (C=S) groups is 1. The van der Waals surface area contributed by atoms with Gasteiger partial charge in [-0.2, -0.15) is 0 Å². The monoisotopic (exact) mass is 295 g/mol. The third kappa shape index (κ3) is 0.930. The van der Waals surface area contributed by atoms with Crippen LogP contribution in [0.3, 0.4) is 0 Å². The van der Waals surface area contributed by atoms with E-state index >= 15 is 0 Å². The standard InChI is InChI=1S/C19H21NS/c1-2-6-13-14-9-17(12-7-4-3-5-8-12)11-18(16(20)21)10-15(13)19(14,17)18/h3-8,14-15H,2,9-11H2,1H3,(H2,20,21)/b13-6+/t14?,15?,17?,18?,19-/m1/s1. The minimum absolute atomic E-state index is 0.191. The van der Waals surface area contributed by atoms with Gasteiger partial charge in [-0.25, -0.2) is 0 Å². The van der Waals surface area contributed by atoms with Crippen molar-refractivity contribution in [3.05, 3.63) is 47.5 Å². The van der Waals surface area contributed by atoms with Gasteiger partial charge in [-0.3, -0.25) is 0 Å². The molecule has 0 bridgehead atoms. The maximum Gasteiger partial charge on any atom is 0.0797 e. The van der Waals surface area contributed by atoms with Crippen LogP contribution >= 0.6 is 12.2 Å². The minimum atomic E-state index is 0.191. The molecule has 0 aliphatic heterocycles. The Labute approximate surface area is 131 Å². The van der Waals surface area contributed by atoms with E-state index in [-0.39, 0.29) is 5.41 Å². The molecule has 1 aromatic rings. The third-order valence-corrected chi connectivity index (χ3v) is 7.83. The summed E-state index contributed by atoms with van der Waals surface area (Å²) in [5.74, 6) is 1.54. The van der Waals surface area contributed by atoms with Crippen molar-refractivity contribution in [2.45, 2.75) is 38.0 Å². The Bertz CT molecular complexity index is 683. The Kier molecular flexibility index (Phi) is 2.02. The molecule has 21 heavy (non-hydrogen) atoms. The molecule has 0 heterocycles. The lowest BCUT2D eigenvalue weighted by Gasteiger charge is -2.96. The third-order valence-electron chi connectivity index (χ3n) is 7.43. The van der Waals surface area contributed by atoms with E-state index in [1.54, 1.807) is 5.57 Å². The lowest BCUT2D eigenvalue weighted by Crippen LogP contribution is -2.94. The van der Waals surface area contributed by atoms with Crippen molar-refractivity contribution in [3.63, 3.8) is 0 Å². The molecule has 0 radical (unpaired) electrons. The summed E-state index contributed by atoms with van der Waals surface area (Å²) in [7, 11) is 0. The van der Waals surface area contributed by atoms with E-state index in [1.165, 1.54) is 24.8 Å². The highest BCUT2D eigenvalue weighted by Gasteiger charge is 2.95. The molecule has 0 aromatic heterocycles. The number of rotatable bonds is 3. The molecule has 4 aliphatic rings. The van der Waals surface area contributed by atoms with Crippen LogP contribution < -0.4 is 5.73 Å². The van der Waals surface area contributed by atoms with Crippen LogP contribution in [0.25, 0.3) is 0 Å². The second kappa shape index (κ2) is 3.43. The largest absolute Gasteiger partial charge is 0.393 e. The van der Waals surface area contributed by atoms with Crippen LogP contribution in [0.4, 0.5) is 0 Å². The molecule has 1 spiro atoms. The van der Waals surface area contributed by atoms with Crippen molar-refractivity contribution < 1.29 is 0 Å². The first kappa shape index (κ1) is 12.4. The van der Waals surface area contributed by atoms with E-state index in [0.717, 1.165) is 23.2 Å². The molecular weight excluding hydrogens is 274 g/mol. The van der Waals surface area contributed by atoms with Crippen molar-refractivity contribution in [1.29, 1.82) is 0 Å². The van der Waals surface area contributed by atoms with Gasteiger partial charge in [-0.15, -0.1) is 0 Å². The molecule has 4 unspecified atom stereocenters. The second-order valence-corrected chi connectivity index (χ2v) is 8.01. The Balaban J connectivity index is 1.63. The van der Waals surface area contributed by atoms with Gasteiger partial charge < -0.3 is 5.73 Å². The quantitative estimate of drug-likeness (QED) is 0.674. The van der Waals surface area contributed by atoms with E-state index in [1.807, 2.05) is 0 Å². The van der Waals surface area contributed by atoms with Gasteiger partial charge in [-0.05, 0) is 43.1 Å². The predicted octanol–water partition coefficient (Wildman–Crippen LogP) is 3.98. The fraction of sp³-hybridized carbons (Fsp3) is 0.526. The van der Waals surface area contributed by atoms with Crippen LogP contribution in [-0.2, 0) is 5.41 Å². The van der Waals surface area contributed by atoms with Crippen molar-refractivity contribution >= 4 is 17.2 Å². The molecule has 1 aromatic carbocycles. The lowest BCUT2D eigenvalue weighted by molar-refractivity contribution is -0.386. The average Bonchev–Trinajstić information content (AvgIpc) is 2.42. The van der Waals surface area contributed by atoms with Crippen molar-refractivity contribution in [2.24, 2.45) is 28.4 Å². The molecule has 0 amide bonds. The van der Waals surface area contributed by atoms with Crippen LogP contribution in [0, 0.1) is 22.7 Å². The van der Waals surface area contributed by atoms with E-state index in [4.69, 9.17) is 18.0 Å². The zero-order valence-corrected chi connectivity index (χ0v) is 13.2. The number of hydrogen-bond donors (Lipinski definition) is 1. The normalized spacial score (nSPS) is 49.9. The Morgan fingerprint density at radius 3 is 2.62 bits per heavy atom. The van der Waals surface area contributed by atoms with Gasteiger partial charge in [0.25, 0.3) is 0 Å². The molecule has 1 nitrogen and oxygen atoms in total. The molecule has 4 fully saturated rings. The number of allylic oxidation sites excluding steroid dienone is 2. The number of nitrogens with two attached hydrogens (primary N) is 1. The summed E-state index contributed by atoms with van der Waals surface area (Å²) in [5, 5.41) is 0. The summed E-state index contributed by atoms with van der Waals surface area (Å²) < 4.78 is 0. The highest BCUT2D eigenvalue weighted by atomic mass is 32.1. The fourth-order valence-corrected chi connectivity index (χ4v) is 7.33. The van der Waals surface area contributed by atoms with Gasteiger partial charge in [0.15, 0.2) is 0 Å². The van der Waals surface area contributed by atoms with E-state index in [0.29, 0.717) is 10.8 Å². The zero-order valence-electron chi connectivity index (χ0n) is 12.4. The molecule has 4 saturated carbocycles. The summed E-state index contributed by atoms with van der Waals surface area (Å²) in [6.45, 7) is 2.25. The van der Waals surface area contributed by atoms with Gasteiger partial charge in [0.05, 0.1) is 4.99 Å². The Morgan fingerprint density at radius 1 is 1.29 bits per heavy atom. The first-order chi connectivity index (χ1) is 10.1. The second-order valence-electron chi connectivity index (χ2n) is 7.57. The summed E-state index contributed by atoms with van der Waals surface area (Å²) in [6.07, 6.45) is 7.39. The predicted molar refractivity (Wildman–Crippen MR) is 89.0 cm³/mol. The zero-order chi connectivity index (χ0) is 14.5. The molecule has 0 saturated heterocycles. The van der Waals surface area contributed by atoms with E-state index < -0.39 is 0 Å². The maximum atomic E-state index is 6.21. The van der Waals surface area contributed by atoms with Gasteiger partial charge in [0.1, 0.15) is 0 Å². The lowest BCUT2D eigenvalue weighted by atomic mass is 9.07. The molecule has 2 heteroatoms. The SMILES string of the molecule is CC/C=C1/C2CC3(C(N)=S)CC4(c5ccccc5)CC1[C@]234. The van der Waals surface area contributed by atoms with Gasteiger partial charge in [0, 0.05) is 16.2 Å². The number of benzene rings is 1. The summed E-state index contributed by atoms with van der Waals surface area (Å²) in [6, 6.07) is 11.1. The summed E-state index contributed by atoms with van der Waals surface area (Å²) in [4.78, 5) is 0.797. The van der Waals surface area contributed by atoms with Crippen molar-refractivity contribution in [2.75, 3.05) is 0 Å². The fourth-order valence-electron chi connectivity index (χ4n) is 7.01. The van der Waals surface area contributed by atoms with E-state index in [2.05, 4.69) is 43.3 Å². The molecule has 4 aliphatic carbocycles. The van der Waals surface area contributed by atoms with Crippen molar-refractivity contribution in [1.82, 2.24) is 0 Å². The van der Waals surface area contributed by atoms with Crippen LogP contribution in [-0.4, -0.2) is 4.99 Å². The van der Waals surface area contributed by atoms with Crippen LogP contribution in [0.1, 0.15) is 38.2 Å². The smallest absolute Gasteiger partial charge is 0.0797 e. The molecule has 5 atom stereocenters. The summed E-state index contributed by atoms with van der Waals surface area (Å²) >= 11 is 5.50. The van der Waals surface area contributed by atoms with Gasteiger partial charge >= 0.3 is 0 Å². The molecule has 5 rings (SSSR count). The Morgan fingerprint density at radius 2 is 2.00 bits per heavy atom. The highest BCUT2D eigenvalue weighted by Crippen LogP contribution is 2.98. The first-order valence-electron chi connectivity index (χ1n) is 8.19. The average molecular weight is 295 g/mol. The first-order valence-corrected chi connectivity index (χ1v) is 8.60. The molecule has 2 N–H and O–H groups in total. The van der Waals surface area contributed by atoms with Gasteiger partial charge in [-0.1, -0.05) is 61.1 Å². The van der Waals surface area contributed by atoms with Crippen LogP contribution in [0.2, 0.25) is 0 Å². The summed E-state index contributed by atoms with van der Waals surface area (Å²) in [5.41, 5.74) is 10.5. The van der Waals surface area contributed by atoms with Crippen LogP contribution in [0.15, 0.2) is 42.0 Å². The Hall–Kier alpha value is -1.15. The van der Waals surface area contributed by atoms with Crippen LogP contribution in [0.5, 0.6) is 0 Å². The number of hydrogen-bond acceptors (Lipinski definition) is 1. The topological polar surface area (TPSA) is 26.0 Å². The highest BCUT2D eigenvalue weighted by molar-refractivity contribution is 7.80. The minimum Gasteiger partial charge on any atom is -0.393 e. The van der Waals surface area contributed by atoms with Crippen molar-refractivity contribution in [3.8, 4) is 0 Å². The van der Waals surface area contributed by atoms with Gasteiger partial charge in [0.2, 0.25) is 0 Å². The van der Waals surface area contributed by atoms with E-state index in [9.17, 15) is 0 Å². The molecule has 108 valence electrons. The maximum absolute atomic E-state index is 6.21.